The molecule has 0 amide bonds. The lowest BCUT2D eigenvalue weighted by Gasteiger charge is -2.02. The quantitative estimate of drug-likeness (QED) is 0.676. The third-order valence-corrected chi connectivity index (χ3v) is 2.44. The summed E-state index contributed by atoms with van der Waals surface area (Å²) in [6.45, 7) is 0. The second-order valence-corrected chi connectivity index (χ2v) is 3.76. The number of halogens is 2. The minimum absolute atomic E-state index is 0.300. The van der Waals surface area contributed by atoms with Crippen LogP contribution in [-0.4, -0.2) is 13.3 Å². The zero-order chi connectivity index (χ0) is 13.7. The molecule has 0 bridgehead atoms. The van der Waals surface area contributed by atoms with E-state index in [4.69, 9.17) is 4.74 Å². The van der Waals surface area contributed by atoms with Crippen LogP contribution in [0.5, 0.6) is 5.75 Å². The molecule has 2 aromatic carbocycles. The number of nitrogens with one attached hydrogen (secondary N) is 1. The van der Waals surface area contributed by atoms with E-state index in [0.717, 1.165) is 0 Å². The van der Waals surface area contributed by atoms with E-state index in [0.29, 0.717) is 17.0 Å². The average Bonchev–Trinajstić information content (AvgIpc) is 2.43. The SMILES string of the molecule is COc1ccc(F)c(C=NNc2ccc(F)cc2)c1. The maximum absolute atomic E-state index is 13.5. The topological polar surface area (TPSA) is 33.6 Å². The van der Waals surface area contributed by atoms with E-state index in [2.05, 4.69) is 10.5 Å². The van der Waals surface area contributed by atoms with Crippen molar-refractivity contribution in [3.05, 3.63) is 59.7 Å². The molecule has 0 heterocycles. The lowest BCUT2D eigenvalue weighted by Crippen LogP contribution is -1.94. The highest BCUT2D eigenvalue weighted by atomic mass is 19.1. The summed E-state index contributed by atoms with van der Waals surface area (Å²) in [7, 11) is 1.50. The number of benzene rings is 2. The van der Waals surface area contributed by atoms with Gasteiger partial charge in [-0.3, -0.25) is 5.43 Å². The summed E-state index contributed by atoms with van der Waals surface area (Å²) in [5.41, 5.74) is 3.59. The van der Waals surface area contributed by atoms with E-state index in [9.17, 15) is 8.78 Å². The summed E-state index contributed by atoms with van der Waals surface area (Å²) in [5, 5.41) is 3.88. The van der Waals surface area contributed by atoms with E-state index in [1.165, 1.54) is 55.8 Å². The highest BCUT2D eigenvalue weighted by Gasteiger charge is 2.01. The van der Waals surface area contributed by atoms with Crippen LogP contribution in [-0.2, 0) is 0 Å². The second kappa shape index (κ2) is 5.95. The third kappa shape index (κ3) is 3.51. The fourth-order valence-electron chi connectivity index (χ4n) is 1.45. The monoisotopic (exact) mass is 262 g/mol. The van der Waals surface area contributed by atoms with Gasteiger partial charge in [0.1, 0.15) is 17.4 Å². The molecular weight excluding hydrogens is 250 g/mol. The molecule has 0 spiro atoms. The molecule has 19 heavy (non-hydrogen) atoms. The molecule has 0 fully saturated rings. The van der Waals surface area contributed by atoms with E-state index in [1.807, 2.05) is 0 Å². The number of hydrazone groups is 1. The standard InChI is InChI=1S/C14H12F2N2O/c1-19-13-6-7-14(16)10(8-13)9-17-18-12-4-2-11(15)3-5-12/h2-9,18H,1H3. The van der Waals surface area contributed by atoms with Crippen LogP contribution in [0.3, 0.4) is 0 Å². The van der Waals surface area contributed by atoms with Crippen molar-refractivity contribution in [1.82, 2.24) is 0 Å². The molecule has 2 rings (SSSR count). The summed E-state index contributed by atoms with van der Waals surface area (Å²) < 4.78 is 31.1. The Kier molecular flexibility index (Phi) is 4.07. The third-order valence-electron chi connectivity index (χ3n) is 2.44. The lowest BCUT2D eigenvalue weighted by molar-refractivity contribution is 0.413. The molecule has 0 aromatic heterocycles. The molecule has 0 radical (unpaired) electrons. The van der Waals surface area contributed by atoms with E-state index < -0.39 is 5.82 Å². The van der Waals surface area contributed by atoms with Gasteiger partial charge in [0.15, 0.2) is 0 Å². The van der Waals surface area contributed by atoms with Crippen LogP contribution in [0.4, 0.5) is 14.5 Å². The number of hydrogen-bond donors (Lipinski definition) is 1. The van der Waals surface area contributed by atoms with Crippen molar-refractivity contribution >= 4 is 11.9 Å². The average molecular weight is 262 g/mol. The van der Waals surface area contributed by atoms with Gasteiger partial charge >= 0.3 is 0 Å². The minimum Gasteiger partial charge on any atom is -0.497 e. The van der Waals surface area contributed by atoms with Crippen LogP contribution in [0.1, 0.15) is 5.56 Å². The number of rotatable bonds is 4. The van der Waals surface area contributed by atoms with Gasteiger partial charge in [-0.25, -0.2) is 8.78 Å². The van der Waals surface area contributed by atoms with Gasteiger partial charge in [0.25, 0.3) is 0 Å². The second-order valence-electron chi connectivity index (χ2n) is 3.76. The van der Waals surface area contributed by atoms with Crippen LogP contribution in [0.2, 0.25) is 0 Å². The zero-order valence-corrected chi connectivity index (χ0v) is 10.2. The first kappa shape index (κ1) is 13.0. The van der Waals surface area contributed by atoms with Crippen molar-refractivity contribution in [3.63, 3.8) is 0 Å². The first-order valence-electron chi connectivity index (χ1n) is 5.57. The van der Waals surface area contributed by atoms with Crippen LogP contribution in [0.25, 0.3) is 0 Å². The Balaban J connectivity index is 2.08. The summed E-state index contributed by atoms with van der Waals surface area (Å²) in [4.78, 5) is 0. The Bertz CT molecular complexity index is 582. The molecular formula is C14H12F2N2O. The predicted octanol–water partition coefficient (Wildman–Crippen LogP) is 3.42. The molecule has 0 aliphatic rings. The van der Waals surface area contributed by atoms with Gasteiger partial charge in [-0.05, 0) is 42.5 Å². The molecule has 0 unspecified atom stereocenters. The highest BCUT2D eigenvalue weighted by molar-refractivity contribution is 5.81. The largest absolute Gasteiger partial charge is 0.497 e. The van der Waals surface area contributed by atoms with Crippen molar-refractivity contribution < 1.29 is 13.5 Å². The van der Waals surface area contributed by atoms with Crippen LogP contribution < -0.4 is 10.2 Å². The summed E-state index contributed by atoms with van der Waals surface area (Å²) in [6.07, 6.45) is 1.33. The van der Waals surface area contributed by atoms with Crippen molar-refractivity contribution in [2.45, 2.75) is 0 Å². The molecule has 0 aliphatic carbocycles. The number of hydrogen-bond acceptors (Lipinski definition) is 3. The molecule has 0 saturated carbocycles. The Hall–Kier alpha value is -2.43. The number of ether oxygens (including phenoxy) is 1. The molecule has 98 valence electrons. The number of methoxy groups -OCH3 is 1. The van der Waals surface area contributed by atoms with Gasteiger partial charge in [0.2, 0.25) is 0 Å². The Morgan fingerprint density at radius 2 is 1.84 bits per heavy atom. The Labute approximate surface area is 109 Å². The predicted molar refractivity (Wildman–Crippen MR) is 70.6 cm³/mol. The van der Waals surface area contributed by atoms with Gasteiger partial charge in [-0.2, -0.15) is 5.10 Å². The number of anilines is 1. The van der Waals surface area contributed by atoms with E-state index >= 15 is 0 Å². The fraction of sp³-hybridized carbons (Fsp3) is 0.0714. The highest BCUT2D eigenvalue weighted by Crippen LogP contribution is 2.15. The smallest absolute Gasteiger partial charge is 0.132 e. The maximum Gasteiger partial charge on any atom is 0.132 e. The van der Waals surface area contributed by atoms with E-state index in [-0.39, 0.29) is 5.82 Å². The first-order chi connectivity index (χ1) is 9.19. The van der Waals surface area contributed by atoms with Crippen LogP contribution in [0, 0.1) is 11.6 Å². The van der Waals surface area contributed by atoms with E-state index in [1.54, 1.807) is 0 Å². The normalized spacial score (nSPS) is 10.7. The molecule has 0 saturated heterocycles. The van der Waals surface area contributed by atoms with Crippen LogP contribution >= 0.6 is 0 Å². The van der Waals surface area contributed by atoms with Gasteiger partial charge < -0.3 is 4.74 Å². The molecule has 2 aromatic rings. The summed E-state index contributed by atoms with van der Waals surface area (Å²) >= 11 is 0. The fourth-order valence-corrected chi connectivity index (χ4v) is 1.45. The first-order valence-corrected chi connectivity index (χ1v) is 5.57. The van der Waals surface area contributed by atoms with Crippen molar-refractivity contribution in [1.29, 1.82) is 0 Å². The summed E-state index contributed by atoms with van der Waals surface area (Å²) in [6, 6.07) is 10.1. The zero-order valence-electron chi connectivity index (χ0n) is 10.2. The maximum atomic E-state index is 13.5. The van der Waals surface area contributed by atoms with Gasteiger partial charge in [0, 0.05) is 5.56 Å². The summed E-state index contributed by atoms with van der Waals surface area (Å²) in [5.74, 6) is -0.177. The molecule has 5 heteroatoms. The van der Waals surface area contributed by atoms with Gasteiger partial charge in [-0.1, -0.05) is 0 Å². The molecule has 0 aliphatic heterocycles. The molecule has 0 atom stereocenters. The lowest BCUT2D eigenvalue weighted by atomic mass is 10.2. The van der Waals surface area contributed by atoms with Gasteiger partial charge in [0.05, 0.1) is 19.0 Å². The Morgan fingerprint density at radius 1 is 1.11 bits per heavy atom. The minimum atomic E-state index is -0.398. The molecule has 1 N–H and O–H groups in total. The van der Waals surface area contributed by atoms with Crippen molar-refractivity contribution in [2.24, 2.45) is 5.10 Å². The van der Waals surface area contributed by atoms with Crippen molar-refractivity contribution in [2.75, 3.05) is 12.5 Å². The van der Waals surface area contributed by atoms with Crippen molar-refractivity contribution in [3.8, 4) is 5.75 Å². The Morgan fingerprint density at radius 3 is 2.53 bits per heavy atom. The van der Waals surface area contributed by atoms with Crippen LogP contribution in [0.15, 0.2) is 47.6 Å². The number of nitrogens with zero attached hydrogens (tertiary/aromatic N) is 1. The molecule has 3 nitrogen and oxygen atoms in total. The van der Waals surface area contributed by atoms with Gasteiger partial charge in [-0.15, -0.1) is 0 Å².